The van der Waals surface area contributed by atoms with Crippen LogP contribution in [-0.2, 0) is 6.61 Å². The monoisotopic (exact) mass is 335 g/mol. The van der Waals surface area contributed by atoms with E-state index in [1.54, 1.807) is 6.07 Å². The summed E-state index contributed by atoms with van der Waals surface area (Å²) in [6, 6.07) is 7.74. The maximum atomic E-state index is 5.85. The van der Waals surface area contributed by atoms with Crippen LogP contribution in [0.2, 0.25) is 0 Å². The van der Waals surface area contributed by atoms with E-state index in [1.165, 1.54) is 0 Å². The molecular formula is C15H18BrN3O. The molecule has 2 aromatic rings. The molecular weight excluding hydrogens is 318 g/mol. The third-order valence-corrected chi connectivity index (χ3v) is 3.36. The second-order valence-corrected chi connectivity index (χ2v) is 5.89. The van der Waals surface area contributed by atoms with Crippen LogP contribution in [0.1, 0.15) is 36.8 Å². The van der Waals surface area contributed by atoms with Crippen molar-refractivity contribution in [3.8, 4) is 5.75 Å². The molecule has 0 aliphatic carbocycles. The van der Waals surface area contributed by atoms with Gasteiger partial charge in [0.05, 0.1) is 0 Å². The highest BCUT2D eigenvalue weighted by molar-refractivity contribution is 9.10. The average molecular weight is 336 g/mol. The Morgan fingerprint density at radius 3 is 2.65 bits per heavy atom. The number of benzene rings is 1. The first-order valence-corrected chi connectivity index (χ1v) is 7.27. The number of nitrogens with two attached hydrogens (primary N) is 1. The first-order chi connectivity index (χ1) is 9.45. The maximum absolute atomic E-state index is 5.85. The van der Waals surface area contributed by atoms with Gasteiger partial charge in [0.15, 0.2) is 5.82 Å². The lowest BCUT2D eigenvalue weighted by Gasteiger charge is -2.14. The van der Waals surface area contributed by atoms with Crippen molar-refractivity contribution in [3.63, 3.8) is 0 Å². The van der Waals surface area contributed by atoms with Gasteiger partial charge in [0.25, 0.3) is 0 Å². The van der Waals surface area contributed by atoms with E-state index in [2.05, 4.69) is 45.8 Å². The Bertz CT molecular complexity index is 594. The van der Waals surface area contributed by atoms with Crippen LogP contribution in [0.4, 0.5) is 5.82 Å². The Balaban J connectivity index is 2.18. The first-order valence-electron chi connectivity index (χ1n) is 6.48. The van der Waals surface area contributed by atoms with Crippen molar-refractivity contribution in [3.05, 3.63) is 45.8 Å². The summed E-state index contributed by atoms with van der Waals surface area (Å²) < 4.78 is 6.89. The number of hydrogen-bond acceptors (Lipinski definition) is 4. The van der Waals surface area contributed by atoms with E-state index in [9.17, 15) is 0 Å². The summed E-state index contributed by atoms with van der Waals surface area (Å²) in [5.41, 5.74) is 7.71. The van der Waals surface area contributed by atoms with Crippen molar-refractivity contribution in [2.75, 3.05) is 5.73 Å². The largest absolute Gasteiger partial charge is 0.485 e. The summed E-state index contributed by atoms with van der Waals surface area (Å²) >= 11 is 3.48. The molecule has 0 saturated carbocycles. The Morgan fingerprint density at radius 1 is 1.25 bits per heavy atom. The molecule has 0 atom stereocenters. The van der Waals surface area contributed by atoms with E-state index in [0.717, 1.165) is 21.5 Å². The molecule has 1 aromatic heterocycles. The summed E-state index contributed by atoms with van der Waals surface area (Å²) in [5, 5.41) is 0. The van der Waals surface area contributed by atoms with Gasteiger partial charge in [-0.2, -0.15) is 0 Å². The normalized spacial score (nSPS) is 10.8. The number of aryl methyl sites for hydroxylation is 1. The van der Waals surface area contributed by atoms with Crippen LogP contribution in [0.5, 0.6) is 5.75 Å². The van der Waals surface area contributed by atoms with E-state index in [4.69, 9.17) is 10.5 Å². The van der Waals surface area contributed by atoms with Gasteiger partial charge in [0, 0.05) is 16.2 Å². The summed E-state index contributed by atoms with van der Waals surface area (Å²) in [7, 11) is 0. The fourth-order valence-corrected chi connectivity index (χ4v) is 2.34. The van der Waals surface area contributed by atoms with E-state index < -0.39 is 0 Å². The molecule has 0 amide bonds. The zero-order chi connectivity index (χ0) is 14.7. The first kappa shape index (κ1) is 14.8. The highest BCUT2D eigenvalue weighted by Gasteiger charge is 2.10. The minimum absolute atomic E-state index is 0.313. The molecule has 5 heteroatoms. The number of aromatic nitrogens is 2. The summed E-state index contributed by atoms with van der Waals surface area (Å²) in [6.45, 7) is 6.47. The second kappa shape index (κ2) is 6.22. The highest BCUT2D eigenvalue weighted by atomic mass is 79.9. The fourth-order valence-electron chi connectivity index (χ4n) is 1.96. The third-order valence-electron chi connectivity index (χ3n) is 2.87. The van der Waals surface area contributed by atoms with Crippen LogP contribution >= 0.6 is 15.9 Å². The quantitative estimate of drug-likeness (QED) is 0.922. The molecule has 0 aliphatic heterocycles. The van der Waals surface area contributed by atoms with Crippen molar-refractivity contribution in [2.24, 2.45) is 0 Å². The zero-order valence-corrected chi connectivity index (χ0v) is 13.4. The Morgan fingerprint density at radius 2 is 2.00 bits per heavy atom. The van der Waals surface area contributed by atoms with Crippen LogP contribution in [0, 0.1) is 6.92 Å². The molecule has 106 valence electrons. The molecule has 0 bridgehead atoms. The second-order valence-electron chi connectivity index (χ2n) is 4.98. The predicted molar refractivity (Wildman–Crippen MR) is 83.7 cm³/mol. The summed E-state index contributed by atoms with van der Waals surface area (Å²) in [5.74, 6) is 2.30. The minimum atomic E-state index is 0.313. The van der Waals surface area contributed by atoms with Gasteiger partial charge in [0.2, 0.25) is 0 Å². The number of ether oxygens (including phenoxy) is 1. The predicted octanol–water partition coefficient (Wildman–Crippen LogP) is 3.83. The molecule has 0 spiro atoms. The highest BCUT2D eigenvalue weighted by Crippen LogP contribution is 2.29. The number of nitrogen functional groups attached to an aromatic ring is 1. The number of halogens is 1. The number of rotatable bonds is 4. The SMILES string of the molecule is Cc1cc(N)nc(COc2ccc(Br)cc2C(C)C)n1. The van der Waals surface area contributed by atoms with Gasteiger partial charge in [-0.1, -0.05) is 29.8 Å². The Labute approximate surface area is 127 Å². The van der Waals surface area contributed by atoms with Crippen LogP contribution < -0.4 is 10.5 Å². The number of nitrogens with zero attached hydrogens (tertiary/aromatic N) is 2. The van der Waals surface area contributed by atoms with E-state index >= 15 is 0 Å². The van der Waals surface area contributed by atoms with Crippen LogP contribution in [0.15, 0.2) is 28.7 Å². The van der Waals surface area contributed by atoms with Crippen molar-refractivity contribution in [1.82, 2.24) is 9.97 Å². The van der Waals surface area contributed by atoms with Gasteiger partial charge in [-0.15, -0.1) is 0 Å². The number of hydrogen-bond donors (Lipinski definition) is 1. The van der Waals surface area contributed by atoms with E-state index in [0.29, 0.717) is 24.2 Å². The minimum Gasteiger partial charge on any atom is -0.485 e. The molecule has 0 saturated heterocycles. The van der Waals surface area contributed by atoms with Crippen LogP contribution in [-0.4, -0.2) is 9.97 Å². The van der Waals surface area contributed by atoms with Gasteiger partial charge in [-0.3, -0.25) is 0 Å². The molecule has 2 rings (SSSR count). The fraction of sp³-hybridized carbons (Fsp3) is 0.333. The van der Waals surface area contributed by atoms with Crippen molar-refractivity contribution in [1.29, 1.82) is 0 Å². The Kier molecular flexibility index (Phi) is 4.60. The molecule has 1 heterocycles. The average Bonchev–Trinajstić information content (AvgIpc) is 2.36. The molecule has 20 heavy (non-hydrogen) atoms. The van der Waals surface area contributed by atoms with Crippen molar-refractivity contribution in [2.45, 2.75) is 33.3 Å². The van der Waals surface area contributed by atoms with Gasteiger partial charge in [-0.25, -0.2) is 9.97 Å². The third kappa shape index (κ3) is 3.70. The summed E-state index contributed by atoms with van der Waals surface area (Å²) in [4.78, 5) is 8.49. The van der Waals surface area contributed by atoms with Gasteiger partial charge < -0.3 is 10.5 Å². The van der Waals surface area contributed by atoms with Crippen LogP contribution in [0.3, 0.4) is 0 Å². The molecule has 0 aliphatic rings. The maximum Gasteiger partial charge on any atom is 0.168 e. The van der Waals surface area contributed by atoms with E-state index in [-0.39, 0.29) is 0 Å². The topological polar surface area (TPSA) is 61.0 Å². The Hall–Kier alpha value is -1.62. The lowest BCUT2D eigenvalue weighted by atomic mass is 10.0. The van der Waals surface area contributed by atoms with Crippen molar-refractivity contribution < 1.29 is 4.74 Å². The number of anilines is 1. The van der Waals surface area contributed by atoms with Crippen LogP contribution in [0.25, 0.3) is 0 Å². The molecule has 0 unspecified atom stereocenters. The molecule has 0 fully saturated rings. The summed E-state index contributed by atoms with van der Waals surface area (Å²) in [6.07, 6.45) is 0. The van der Waals surface area contributed by atoms with E-state index in [1.807, 2.05) is 19.1 Å². The molecule has 2 N–H and O–H groups in total. The van der Waals surface area contributed by atoms with Crippen molar-refractivity contribution >= 4 is 21.7 Å². The zero-order valence-electron chi connectivity index (χ0n) is 11.9. The smallest absolute Gasteiger partial charge is 0.168 e. The molecule has 1 aromatic carbocycles. The molecule has 4 nitrogen and oxygen atoms in total. The standard InChI is InChI=1S/C15H18BrN3O/c1-9(2)12-7-11(16)4-5-13(12)20-8-15-18-10(3)6-14(17)19-15/h4-7,9H,8H2,1-3H3,(H2,17,18,19). The van der Waals surface area contributed by atoms with Gasteiger partial charge in [0.1, 0.15) is 18.2 Å². The molecule has 0 radical (unpaired) electrons. The lowest BCUT2D eigenvalue weighted by Crippen LogP contribution is -2.06. The van der Waals surface area contributed by atoms with Gasteiger partial charge in [-0.05, 0) is 36.6 Å². The van der Waals surface area contributed by atoms with Gasteiger partial charge >= 0.3 is 0 Å². The lowest BCUT2D eigenvalue weighted by molar-refractivity contribution is 0.291.